The third kappa shape index (κ3) is 4.98. The fourth-order valence-corrected chi connectivity index (χ4v) is 2.48. The van der Waals surface area contributed by atoms with Crippen LogP contribution in [0.25, 0.3) is 0 Å². The maximum Gasteiger partial charge on any atom is 0.118 e. The van der Waals surface area contributed by atoms with Crippen LogP contribution in [0.3, 0.4) is 0 Å². The van der Waals surface area contributed by atoms with Crippen molar-refractivity contribution >= 4 is 0 Å². The second kappa shape index (κ2) is 8.56. The zero-order valence-corrected chi connectivity index (χ0v) is 13.6. The van der Waals surface area contributed by atoms with Gasteiger partial charge in [-0.25, -0.2) is 9.78 Å². The monoisotopic (exact) mass is 316 g/mol. The van der Waals surface area contributed by atoms with Gasteiger partial charge in [0.15, 0.2) is 0 Å². The van der Waals surface area contributed by atoms with Crippen LogP contribution < -0.4 is 0 Å². The van der Waals surface area contributed by atoms with Crippen molar-refractivity contribution in [1.29, 1.82) is 0 Å². The van der Waals surface area contributed by atoms with Crippen LogP contribution >= 0.6 is 0 Å². The standard InChI is InChI=1S/C19H24O4/c1-3-7-19(15-9-6-11-17(21)13-15)23-22-18(4-2)14-8-5-10-16(20)12-14/h5-6,8-13,18-21H,3-4,7H2,1-2H3. The Morgan fingerprint density at radius 3 is 1.83 bits per heavy atom. The predicted molar refractivity (Wildman–Crippen MR) is 89.1 cm³/mol. The van der Waals surface area contributed by atoms with Crippen molar-refractivity contribution in [3.63, 3.8) is 0 Å². The first kappa shape index (κ1) is 17.3. The minimum atomic E-state index is -0.251. The summed E-state index contributed by atoms with van der Waals surface area (Å²) >= 11 is 0. The quantitative estimate of drug-likeness (QED) is 0.529. The number of phenols is 2. The Balaban J connectivity index is 2.07. The molecule has 0 aliphatic heterocycles. The molecular formula is C19H24O4. The third-order valence-corrected chi connectivity index (χ3v) is 3.69. The fraction of sp³-hybridized carbons (Fsp3) is 0.368. The van der Waals surface area contributed by atoms with E-state index in [4.69, 9.17) is 9.78 Å². The molecule has 4 nitrogen and oxygen atoms in total. The molecule has 0 aromatic heterocycles. The molecule has 0 saturated carbocycles. The molecule has 2 rings (SSSR count). The Morgan fingerprint density at radius 1 is 0.826 bits per heavy atom. The number of rotatable bonds is 8. The lowest BCUT2D eigenvalue weighted by atomic mass is 10.1. The molecule has 2 aromatic carbocycles. The number of hydrogen-bond acceptors (Lipinski definition) is 4. The first-order valence-corrected chi connectivity index (χ1v) is 8.04. The molecule has 0 fully saturated rings. The first-order valence-electron chi connectivity index (χ1n) is 8.04. The van der Waals surface area contributed by atoms with Gasteiger partial charge in [-0.1, -0.05) is 44.5 Å². The van der Waals surface area contributed by atoms with Gasteiger partial charge >= 0.3 is 0 Å². The molecule has 0 aliphatic rings. The van der Waals surface area contributed by atoms with Gasteiger partial charge in [0, 0.05) is 0 Å². The van der Waals surface area contributed by atoms with Crippen LogP contribution in [0.1, 0.15) is 56.4 Å². The predicted octanol–water partition coefficient (Wildman–Crippen LogP) is 5.04. The van der Waals surface area contributed by atoms with Crippen LogP contribution in [0.5, 0.6) is 11.5 Å². The van der Waals surface area contributed by atoms with Crippen LogP contribution in [0.4, 0.5) is 0 Å². The Hall–Kier alpha value is -2.04. The highest BCUT2D eigenvalue weighted by atomic mass is 17.2. The van der Waals surface area contributed by atoms with Gasteiger partial charge in [-0.2, -0.15) is 0 Å². The van der Waals surface area contributed by atoms with Gasteiger partial charge in [0.1, 0.15) is 23.7 Å². The number of aromatic hydroxyl groups is 2. The van der Waals surface area contributed by atoms with Crippen molar-refractivity contribution in [3.05, 3.63) is 59.7 Å². The van der Waals surface area contributed by atoms with Gasteiger partial charge in [0.25, 0.3) is 0 Å². The van der Waals surface area contributed by atoms with E-state index >= 15 is 0 Å². The van der Waals surface area contributed by atoms with Gasteiger partial charge in [0.05, 0.1) is 0 Å². The Labute approximate surface area is 137 Å². The molecule has 2 aromatic rings. The Kier molecular flexibility index (Phi) is 6.44. The van der Waals surface area contributed by atoms with Crippen molar-refractivity contribution in [2.45, 2.75) is 45.3 Å². The van der Waals surface area contributed by atoms with E-state index in [0.717, 1.165) is 30.4 Å². The van der Waals surface area contributed by atoms with Crippen LogP contribution in [0.15, 0.2) is 48.5 Å². The summed E-state index contributed by atoms with van der Waals surface area (Å²) in [4.78, 5) is 11.3. The second-order valence-electron chi connectivity index (χ2n) is 5.56. The summed E-state index contributed by atoms with van der Waals surface area (Å²) < 4.78 is 0. The van der Waals surface area contributed by atoms with Crippen molar-refractivity contribution in [1.82, 2.24) is 0 Å². The molecule has 0 radical (unpaired) electrons. The minimum Gasteiger partial charge on any atom is -0.508 e. The van der Waals surface area contributed by atoms with Gasteiger partial charge < -0.3 is 10.2 Å². The van der Waals surface area contributed by atoms with Gasteiger partial charge in [0.2, 0.25) is 0 Å². The summed E-state index contributed by atoms with van der Waals surface area (Å²) in [7, 11) is 0. The average Bonchev–Trinajstić information content (AvgIpc) is 2.54. The van der Waals surface area contributed by atoms with Crippen molar-refractivity contribution < 1.29 is 20.0 Å². The molecule has 23 heavy (non-hydrogen) atoms. The number of benzene rings is 2. The van der Waals surface area contributed by atoms with E-state index in [1.54, 1.807) is 36.4 Å². The van der Waals surface area contributed by atoms with E-state index in [9.17, 15) is 10.2 Å². The van der Waals surface area contributed by atoms with E-state index < -0.39 is 0 Å². The SMILES string of the molecule is CCCC(OOC(CC)c1cccc(O)c1)c1cccc(O)c1. The summed E-state index contributed by atoms with van der Waals surface area (Å²) in [5.74, 6) is 0.426. The van der Waals surface area contributed by atoms with E-state index in [1.165, 1.54) is 0 Å². The molecule has 4 heteroatoms. The second-order valence-corrected chi connectivity index (χ2v) is 5.56. The first-order chi connectivity index (χ1) is 11.1. The molecule has 0 heterocycles. The molecule has 0 saturated heterocycles. The molecule has 0 aliphatic carbocycles. The zero-order valence-electron chi connectivity index (χ0n) is 13.6. The smallest absolute Gasteiger partial charge is 0.118 e. The highest BCUT2D eigenvalue weighted by Crippen LogP contribution is 2.30. The normalized spacial score (nSPS) is 13.7. The summed E-state index contributed by atoms with van der Waals surface area (Å²) in [5, 5.41) is 19.2. The van der Waals surface area contributed by atoms with Crippen LogP contribution in [0, 0.1) is 0 Å². The van der Waals surface area contributed by atoms with Crippen LogP contribution in [-0.2, 0) is 9.78 Å². The Morgan fingerprint density at radius 2 is 1.35 bits per heavy atom. The molecule has 0 amide bonds. The lowest BCUT2D eigenvalue weighted by molar-refractivity contribution is -0.358. The molecule has 2 unspecified atom stereocenters. The average molecular weight is 316 g/mol. The highest BCUT2D eigenvalue weighted by Gasteiger charge is 2.17. The minimum absolute atomic E-state index is 0.211. The lowest BCUT2D eigenvalue weighted by Crippen LogP contribution is -2.09. The van der Waals surface area contributed by atoms with E-state index in [1.807, 2.05) is 19.1 Å². The van der Waals surface area contributed by atoms with Crippen molar-refractivity contribution in [2.24, 2.45) is 0 Å². The maximum absolute atomic E-state index is 9.64. The fourth-order valence-electron chi connectivity index (χ4n) is 2.48. The van der Waals surface area contributed by atoms with Crippen LogP contribution in [0.2, 0.25) is 0 Å². The lowest BCUT2D eigenvalue weighted by Gasteiger charge is -2.21. The molecule has 0 spiro atoms. The maximum atomic E-state index is 9.64. The van der Waals surface area contributed by atoms with E-state index in [2.05, 4.69) is 6.92 Å². The topological polar surface area (TPSA) is 58.9 Å². The molecular weight excluding hydrogens is 292 g/mol. The van der Waals surface area contributed by atoms with E-state index in [-0.39, 0.29) is 23.7 Å². The molecule has 2 N–H and O–H groups in total. The van der Waals surface area contributed by atoms with Crippen molar-refractivity contribution in [3.8, 4) is 11.5 Å². The number of phenolic OH excluding ortho intramolecular Hbond substituents is 2. The molecule has 124 valence electrons. The molecule has 0 bridgehead atoms. The third-order valence-electron chi connectivity index (χ3n) is 3.69. The largest absolute Gasteiger partial charge is 0.508 e. The van der Waals surface area contributed by atoms with Crippen LogP contribution in [-0.4, -0.2) is 10.2 Å². The zero-order chi connectivity index (χ0) is 16.7. The Bertz CT molecular complexity index is 612. The van der Waals surface area contributed by atoms with Gasteiger partial charge in [-0.15, -0.1) is 0 Å². The van der Waals surface area contributed by atoms with Crippen molar-refractivity contribution in [2.75, 3.05) is 0 Å². The summed E-state index contributed by atoms with van der Waals surface area (Å²) in [5.41, 5.74) is 1.76. The van der Waals surface area contributed by atoms with E-state index in [0.29, 0.717) is 0 Å². The molecule has 2 atom stereocenters. The van der Waals surface area contributed by atoms with Gasteiger partial charge in [-0.05, 0) is 48.2 Å². The number of hydrogen-bond donors (Lipinski definition) is 2. The highest BCUT2D eigenvalue weighted by molar-refractivity contribution is 5.29. The van der Waals surface area contributed by atoms with Gasteiger partial charge in [-0.3, -0.25) is 0 Å². The summed E-state index contributed by atoms with van der Waals surface area (Å²) in [6.45, 7) is 4.08. The summed E-state index contributed by atoms with van der Waals surface area (Å²) in [6, 6.07) is 14.0. The summed E-state index contributed by atoms with van der Waals surface area (Å²) in [6.07, 6.45) is 1.96.